The van der Waals surface area contributed by atoms with Crippen LogP contribution >= 0.6 is 7.82 Å². The van der Waals surface area contributed by atoms with Crippen LogP contribution in [0.1, 0.15) is 20.7 Å². The van der Waals surface area contributed by atoms with Crippen LogP contribution in [-0.2, 0) is 18.1 Å². The Morgan fingerprint density at radius 3 is 1.95 bits per heavy atom. The number of carbonyl (C=O) groups excluding carboxylic acids is 2. The van der Waals surface area contributed by atoms with Crippen molar-refractivity contribution in [2.24, 2.45) is 0 Å². The third-order valence-corrected chi connectivity index (χ3v) is 4.00. The number of amides is 2. The largest absolute Gasteiger partial charge is 0.475 e. The fraction of sp³-hybridized carbons (Fsp3) is 0.273. The molecule has 1 heterocycles. The van der Waals surface area contributed by atoms with Crippen LogP contribution in [-0.4, -0.2) is 37.7 Å². The molecule has 0 N–H and O–H groups in total. The van der Waals surface area contributed by atoms with Gasteiger partial charge in [0.2, 0.25) is 0 Å². The predicted octanol–water partition coefficient (Wildman–Crippen LogP) is 1.66. The molecular formula is C11H12NO6P. The van der Waals surface area contributed by atoms with E-state index >= 15 is 0 Å². The third kappa shape index (κ3) is 2.46. The van der Waals surface area contributed by atoms with E-state index in [1.165, 1.54) is 0 Å². The van der Waals surface area contributed by atoms with Crippen molar-refractivity contribution in [1.29, 1.82) is 0 Å². The molecule has 1 aromatic carbocycles. The van der Waals surface area contributed by atoms with Gasteiger partial charge in [-0.15, -0.1) is 0 Å². The van der Waals surface area contributed by atoms with Crippen molar-refractivity contribution in [2.45, 2.75) is 0 Å². The summed E-state index contributed by atoms with van der Waals surface area (Å²) < 4.78 is 25.7. The number of hydrogen-bond acceptors (Lipinski definition) is 6. The molecule has 8 heteroatoms. The highest BCUT2D eigenvalue weighted by atomic mass is 31.2. The van der Waals surface area contributed by atoms with E-state index in [4.69, 9.17) is 4.52 Å². The minimum atomic E-state index is -3.73. The first-order valence-electron chi connectivity index (χ1n) is 5.33. The second kappa shape index (κ2) is 5.22. The van der Waals surface area contributed by atoms with E-state index in [0.717, 1.165) is 19.1 Å². The third-order valence-electron chi connectivity index (χ3n) is 2.67. The Morgan fingerprint density at radius 1 is 1.05 bits per heavy atom. The Labute approximate surface area is 109 Å². The van der Waals surface area contributed by atoms with Crippen molar-refractivity contribution < 1.29 is 27.7 Å². The second-order valence-corrected chi connectivity index (χ2v) is 5.54. The summed E-state index contributed by atoms with van der Waals surface area (Å²) in [7, 11) is -1.44. The molecule has 0 atom stereocenters. The molecule has 1 aromatic rings. The van der Waals surface area contributed by atoms with Crippen molar-refractivity contribution >= 4 is 19.6 Å². The predicted molar refractivity (Wildman–Crippen MR) is 64.5 cm³/mol. The maximum Gasteiger partial charge on any atom is 0.475 e. The van der Waals surface area contributed by atoms with Gasteiger partial charge in [0.1, 0.15) is 6.73 Å². The Hall–Kier alpha value is -1.53. The van der Waals surface area contributed by atoms with Crippen molar-refractivity contribution in [3.8, 4) is 0 Å². The number of phosphoric ester groups is 1. The highest BCUT2D eigenvalue weighted by molar-refractivity contribution is 7.48. The van der Waals surface area contributed by atoms with Crippen molar-refractivity contribution in [3.05, 3.63) is 35.4 Å². The summed E-state index contributed by atoms with van der Waals surface area (Å²) in [6, 6.07) is 6.40. The zero-order valence-corrected chi connectivity index (χ0v) is 11.3. The maximum atomic E-state index is 12.0. The number of rotatable bonds is 5. The summed E-state index contributed by atoms with van der Waals surface area (Å²) in [5, 5.41) is 0. The Balaban J connectivity index is 2.15. The minimum Gasteiger partial charge on any atom is -0.290 e. The number of fused-ring (bicyclic) bond motifs is 1. The molecule has 0 radical (unpaired) electrons. The van der Waals surface area contributed by atoms with Gasteiger partial charge in [0.25, 0.3) is 11.8 Å². The van der Waals surface area contributed by atoms with E-state index in [0.29, 0.717) is 11.1 Å². The smallest absolute Gasteiger partial charge is 0.290 e. The number of nitrogens with zero attached hydrogens (tertiary/aromatic N) is 1. The van der Waals surface area contributed by atoms with Gasteiger partial charge >= 0.3 is 7.82 Å². The summed E-state index contributed by atoms with van der Waals surface area (Å²) in [5.41, 5.74) is 0.585. The van der Waals surface area contributed by atoms with Crippen molar-refractivity contribution in [2.75, 3.05) is 21.0 Å². The molecule has 19 heavy (non-hydrogen) atoms. The maximum absolute atomic E-state index is 12.0. The quantitative estimate of drug-likeness (QED) is 0.604. The normalized spacial score (nSPS) is 14.9. The first kappa shape index (κ1) is 13.9. The van der Waals surface area contributed by atoms with E-state index in [1.807, 2.05) is 0 Å². The average molecular weight is 285 g/mol. The Morgan fingerprint density at radius 2 is 1.53 bits per heavy atom. The molecule has 0 aliphatic carbocycles. The van der Waals surface area contributed by atoms with Gasteiger partial charge in [-0.25, -0.2) is 9.46 Å². The highest BCUT2D eigenvalue weighted by Crippen LogP contribution is 2.47. The standard InChI is InChI=1S/C11H12NO6P/c1-16-19(15,17-2)18-7-12-10(13)8-5-3-4-6-9(8)11(12)14/h3-6H,7H2,1-2H3. The molecule has 1 aliphatic rings. The van der Waals surface area contributed by atoms with Crippen LogP contribution in [0.2, 0.25) is 0 Å². The number of carbonyl (C=O) groups is 2. The lowest BCUT2D eigenvalue weighted by molar-refractivity contribution is 0.0450. The lowest BCUT2D eigenvalue weighted by Gasteiger charge is -2.17. The zero-order chi connectivity index (χ0) is 14.0. The van der Waals surface area contributed by atoms with Gasteiger partial charge in [0.05, 0.1) is 11.1 Å². The molecule has 0 spiro atoms. The molecule has 102 valence electrons. The molecule has 0 unspecified atom stereocenters. The van der Waals surface area contributed by atoms with E-state index in [2.05, 4.69) is 9.05 Å². The summed E-state index contributed by atoms with van der Waals surface area (Å²) in [6.45, 7) is -0.495. The lowest BCUT2D eigenvalue weighted by atomic mass is 10.1. The minimum absolute atomic E-state index is 0.292. The highest BCUT2D eigenvalue weighted by Gasteiger charge is 2.37. The molecule has 0 aromatic heterocycles. The molecule has 0 saturated heterocycles. The second-order valence-electron chi connectivity index (χ2n) is 3.65. The SMILES string of the molecule is COP(=O)(OC)OCN1C(=O)c2ccccc2C1=O. The van der Waals surface area contributed by atoms with Gasteiger partial charge in [0.15, 0.2) is 0 Å². The molecule has 0 saturated carbocycles. The summed E-state index contributed by atoms with van der Waals surface area (Å²) in [6.07, 6.45) is 0. The van der Waals surface area contributed by atoms with Gasteiger partial charge in [-0.3, -0.25) is 23.2 Å². The molecular weight excluding hydrogens is 273 g/mol. The van der Waals surface area contributed by atoms with E-state index in [-0.39, 0.29) is 0 Å². The van der Waals surface area contributed by atoms with Crippen LogP contribution in [0.5, 0.6) is 0 Å². The van der Waals surface area contributed by atoms with Gasteiger partial charge < -0.3 is 0 Å². The summed E-state index contributed by atoms with van der Waals surface area (Å²) in [5.74, 6) is -1.00. The van der Waals surface area contributed by atoms with Crippen LogP contribution in [0.15, 0.2) is 24.3 Å². The number of benzene rings is 1. The summed E-state index contributed by atoms with van der Waals surface area (Å²) in [4.78, 5) is 24.8. The molecule has 0 fully saturated rings. The topological polar surface area (TPSA) is 82.1 Å². The monoisotopic (exact) mass is 285 g/mol. The molecule has 0 bridgehead atoms. The Kier molecular flexibility index (Phi) is 3.82. The van der Waals surface area contributed by atoms with Gasteiger partial charge in [0, 0.05) is 14.2 Å². The van der Waals surface area contributed by atoms with Gasteiger partial charge in [-0.1, -0.05) is 12.1 Å². The van der Waals surface area contributed by atoms with Crippen LogP contribution in [0, 0.1) is 0 Å². The van der Waals surface area contributed by atoms with Gasteiger partial charge in [-0.05, 0) is 12.1 Å². The number of phosphoric acid groups is 1. The van der Waals surface area contributed by atoms with Crippen LogP contribution < -0.4 is 0 Å². The van der Waals surface area contributed by atoms with Crippen molar-refractivity contribution in [3.63, 3.8) is 0 Å². The van der Waals surface area contributed by atoms with Crippen LogP contribution in [0.4, 0.5) is 0 Å². The first-order valence-corrected chi connectivity index (χ1v) is 6.80. The molecule has 1 aliphatic heterocycles. The van der Waals surface area contributed by atoms with E-state index in [1.54, 1.807) is 24.3 Å². The van der Waals surface area contributed by atoms with Crippen LogP contribution in [0.3, 0.4) is 0 Å². The fourth-order valence-corrected chi connectivity index (χ4v) is 2.28. The molecule has 2 rings (SSSR count). The van der Waals surface area contributed by atoms with Gasteiger partial charge in [-0.2, -0.15) is 0 Å². The summed E-state index contributed by atoms with van der Waals surface area (Å²) >= 11 is 0. The number of hydrogen-bond donors (Lipinski definition) is 0. The Bertz CT molecular complexity index is 529. The van der Waals surface area contributed by atoms with Crippen molar-refractivity contribution in [1.82, 2.24) is 4.90 Å². The van der Waals surface area contributed by atoms with Crippen LogP contribution in [0.25, 0.3) is 0 Å². The average Bonchev–Trinajstić information content (AvgIpc) is 2.69. The van der Waals surface area contributed by atoms with E-state index in [9.17, 15) is 14.2 Å². The molecule has 2 amide bonds. The zero-order valence-electron chi connectivity index (χ0n) is 10.4. The number of imide groups is 1. The lowest BCUT2D eigenvalue weighted by Crippen LogP contribution is -2.31. The van der Waals surface area contributed by atoms with E-state index < -0.39 is 26.4 Å². The fourth-order valence-electron chi connectivity index (χ4n) is 1.66. The first-order chi connectivity index (χ1) is 9.02. The molecule has 7 nitrogen and oxygen atoms in total.